The molecule has 5 rings (SSSR count). The zero-order valence-electron chi connectivity index (χ0n) is 15.2. The third-order valence-corrected chi connectivity index (χ3v) is 4.99. The van der Waals surface area contributed by atoms with E-state index in [1.54, 1.807) is 0 Å². The summed E-state index contributed by atoms with van der Waals surface area (Å²) in [6, 6.07) is 25.1. The van der Waals surface area contributed by atoms with E-state index >= 15 is 0 Å². The average molecular weight is 352 g/mol. The topological polar surface area (TPSA) is 41.1 Å². The Labute approximate surface area is 158 Å². The van der Waals surface area contributed by atoms with Gasteiger partial charge in [-0.25, -0.2) is 9.97 Å². The molecule has 4 aromatic rings. The fourth-order valence-corrected chi connectivity index (χ4v) is 3.74. The summed E-state index contributed by atoms with van der Waals surface area (Å²) in [4.78, 5) is 11.7. The second kappa shape index (κ2) is 6.40. The van der Waals surface area contributed by atoms with Gasteiger partial charge in [0.15, 0.2) is 0 Å². The van der Waals surface area contributed by atoms with Crippen LogP contribution in [0, 0.1) is 6.92 Å². The number of aryl methyl sites for hydroxylation is 1. The summed E-state index contributed by atoms with van der Waals surface area (Å²) in [7, 11) is 0. The van der Waals surface area contributed by atoms with E-state index in [0.29, 0.717) is 0 Å². The maximum absolute atomic E-state index is 4.79. The van der Waals surface area contributed by atoms with Gasteiger partial charge in [0, 0.05) is 29.0 Å². The molecular weight excluding hydrogens is 332 g/mol. The molecule has 4 nitrogen and oxygen atoms in total. The Kier molecular flexibility index (Phi) is 3.75. The first-order valence-corrected chi connectivity index (χ1v) is 9.24. The Morgan fingerprint density at radius 1 is 0.852 bits per heavy atom. The third kappa shape index (κ3) is 2.89. The molecule has 4 heteroatoms. The summed E-state index contributed by atoms with van der Waals surface area (Å²) in [6.07, 6.45) is 1.03. The first-order chi connectivity index (χ1) is 13.3. The molecule has 0 unspecified atom stereocenters. The number of hydrogen-bond acceptors (Lipinski definition) is 4. The van der Waals surface area contributed by atoms with Crippen molar-refractivity contribution in [3.63, 3.8) is 0 Å². The molecule has 0 spiro atoms. The summed E-state index contributed by atoms with van der Waals surface area (Å²) < 4.78 is 0. The minimum atomic E-state index is 0.802. The summed E-state index contributed by atoms with van der Waals surface area (Å²) >= 11 is 0. The molecule has 1 N–H and O–H groups in total. The van der Waals surface area contributed by atoms with Gasteiger partial charge < -0.3 is 10.2 Å². The maximum Gasteiger partial charge on any atom is 0.144 e. The minimum Gasteiger partial charge on any atom is -0.355 e. The van der Waals surface area contributed by atoms with Crippen LogP contribution in [0.1, 0.15) is 11.4 Å². The zero-order valence-corrected chi connectivity index (χ0v) is 15.2. The first-order valence-electron chi connectivity index (χ1n) is 9.24. The van der Waals surface area contributed by atoms with Crippen molar-refractivity contribution in [2.24, 2.45) is 0 Å². The molecule has 0 bridgehead atoms. The van der Waals surface area contributed by atoms with Gasteiger partial charge in [-0.2, -0.15) is 0 Å². The molecule has 0 atom stereocenters. The van der Waals surface area contributed by atoms with Crippen LogP contribution in [0.2, 0.25) is 0 Å². The van der Waals surface area contributed by atoms with E-state index in [-0.39, 0.29) is 0 Å². The molecule has 1 aliphatic heterocycles. The maximum atomic E-state index is 4.79. The number of hydrogen-bond donors (Lipinski definition) is 1. The normalized spacial score (nSPS) is 13.0. The average Bonchev–Trinajstić information content (AvgIpc) is 3.11. The van der Waals surface area contributed by atoms with Crippen molar-refractivity contribution in [1.82, 2.24) is 9.97 Å². The quantitative estimate of drug-likeness (QED) is 0.538. The van der Waals surface area contributed by atoms with Crippen molar-refractivity contribution in [2.75, 3.05) is 16.8 Å². The predicted octanol–water partition coefficient (Wildman–Crippen LogP) is 5.38. The summed E-state index contributed by atoms with van der Waals surface area (Å²) in [5, 5.41) is 4.59. The van der Waals surface area contributed by atoms with Crippen LogP contribution < -0.4 is 10.2 Å². The van der Waals surface area contributed by atoms with Crippen molar-refractivity contribution in [3.05, 3.63) is 84.2 Å². The van der Waals surface area contributed by atoms with E-state index in [2.05, 4.69) is 63.7 Å². The van der Waals surface area contributed by atoms with Gasteiger partial charge in [-0.05, 0) is 55.3 Å². The second-order valence-corrected chi connectivity index (χ2v) is 6.85. The monoisotopic (exact) mass is 352 g/mol. The van der Waals surface area contributed by atoms with E-state index in [0.717, 1.165) is 46.9 Å². The highest BCUT2D eigenvalue weighted by molar-refractivity contribution is 5.92. The molecule has 0 saturated heterocycles. The van der Waals surface area contributed by atoms with Gasteiger partial charge in [0.2, 0.25) is 0 Å². The number of benzene rings is 3. The predicted molar refractivity (Wildman–Crippen MR) is 111 cm³/mol. The molecule has 0 fully saturated rings. The zero-order chi connectivity index (χ0) is 18.2. The lowest BCUT2D eigenvalue weighted by Crippen LogP contribution is -2.16. The Balaban J connectivity index is 1.58. The van der Waals surface area contributed by atoms with Crippen LogP contribution in [-0.2, 0) is 6.42 Å². The lowest BCUT2D eigenvalue weighted by Gasteiger charge is -2.21. The molecule has 0 aliphatic carbocycles. The fraction of sp³-hybridized carbons (Fsp3) is 0.130. The second-order valence-electron chi connectivity index (χ2n) is 6.85. The number of rotatable bonds is 3. The van der Waals surface area contributed by atoms with Crippen molar-refractivity contribution < 1.29 is 0 Å². The summed E-state index contributed by atoms with van der Waals surface area (Å²) in [6.45, 7) is 2.89. The Hall–Kier alpha value is -3.40. The van der Waals surface area contributed by atoms with Crippen LogP contribution >= 0.6 is 0 Å². The van der Waals surface area contributed by atoms with Gasteiger partial charge in [-0.15, -0.1) is 0 Å². The lowest BCUT2D eigenvalue weighted by atomic mass is 10.1. The van der Waals surface area contributed by atoms with Crippen molar-refractivity contribution in [3.8, 4) is 0 Å². The molecule has 2 heterocycles. The van der Waals surface area contributed by atoms with Crippen LogP contribution in [0.15, 0.2) is 72.8 Å². The van der Waals surface area contributed by atoms with Crippen molar-refractivity contribution in [2.45, 2.75) is 13.3 Å². The molecule has 0 radical (unpaired) electrons. The number of nitrogens with one attached hydrogen (secondary N) is 1. The molecule has 1 aliphatic rings. The Morgan fingerprint density at radius 2 is 1.67 bits per heavy atom. The highest BCUT2D eigenvalue weighted by atomic mass is 15.2. The van der Waals surface area contributed by atoms with E-state index < -0.39 is 0 Å². The first kappa shape index (κ1) is 15.8. The molecule has 1 aromatic heterocycles. The van der Waals surface area contributed by atoms with Gasteiger partial charge in [0.05, 0.1) is 5.52 Å². The Morgan fingerprint density at radius 3 is 2.56 bits per heavy atom. The standard InChI is InChI=1S/C23H20N4/c1-16-24-21-10-6-5-9-20(21)23(25-16)27-14-13-17-11-12-19(15-22(17)27)26-18-7-3-2-4-8-18/h2-12,15,26H,13-14H2,1H3. The van der Waals surface area contributed by atoms with Crippen LogP contribution in [-0.4, -0.2) is 16.5 Å². The number of para-hydroxylation sites is 2. The fourth-order valence-electron chi connectivity index (χ4n) is 3.74. The van der Waals surface area contributed by atoms with Crippen molar-refractivity contribution >= 4 is 33.8 Å². The molecule has 0 saturated carbocycles. The van der Waals surface area contributed by atoms with Gasteiger partial charge >= 0.3 is 0 Å². The highest BCUT2D eigenvalue weighted by Gasteiger charge is 2.24. The molecule has 132 valence electrons. The summed E-state index contributed by atoms with van der Waals surface area (Å²) in [5.41, 5.74) is 5.74. The van der Waals surface area contributed by atoms with Crippen LogP contribution in [0.5, 0.6) is 0 Å². The molecule has 0 amide bonds. The molecule has 3 aromatic carbocycles. The van der Waals surface area contributed by atoms with E-state index in [1.807, 2.05) is 31.2 Å². The highest BCUT2D eigenvalue weighted by Crippen LogP contribution is 2.38. The van der Waals surface area contributed by atoms with E-state index in [1.165, 1.54) is 11.3 Å². The van der Waals surface area contributed by atoms with E-state index in [4.69, 9.17) is 4.98 Å². The number of anilines is 4. The van der Waals surface area contributed by atoms with Crippen LogP contribution in [0.3, 0.4) is 0 Å². The number of nitrogens with zero attached hydrogens (tertiary/aromatic N) is 3. The number of fused-ring (bicyclic) bond motifs is 2. The smallest absolute Gasteiger partial charge is 0.144 e. The van der Waals surface area contributed by atoms with Gasteiger partial charge in [-0.3, -0.25) is 0 Å². The molecular formula is C23H20N4. The largest absolute Gasteiger partial charge is 0.355 e. The number of aromatic nitrogens is 2. The minimum absolute atomic E-state index is 0.802. The SMILES string of the molecule is Cc1nc(N2CCc3ccc(Nc4ccccc4)cc32)c2ccccc2n1. The van der Waals surface area contributed by atoms with Gasteiger partial charge in [0.25, 0.3) is 0 Å². The lowest BCUT2D eigenvalue weighted by molar-refractivity contribution is 0.960. The van der Waals surface area contributed by atoms with Gasteiger partial charge in [0.1, 0.15) is 11.6 Å². The van der Waals surface area contributed by atoms with Crippen LogP contribution in [0.4, 0.5) is 22.9 Å². The molecule has 27 heavy (non-hydrogen) atoms. The van der Waals surface area contributed by atoms with Crippen molar-refractivity contribution in [1.29, 1.82) is 0 Å². The van der Waals surface area contributed by atoms with E-state index in [9.17, 15) is 0 Å². The van der Waals surface area contributed by atoms with Crippen LogP contribution in [0.25, 0.3) is 10.9 Å². The van der Waals surface area contributed by atoms with Gasteiger partial charge in [-0.1, -0.05) is 36.4 Å². The third-order valence-electron chi connectivity index (χ3n) is 4.99. The summed E-state index contributed by atoms with van der Waals surface area (Å²) in [5.74, 6) is 1.80. The Bertz CT molecular complexity index is 1120.